The molecule has 0 aromatic heterocycles. The Labute approximate surface area is 146 Å². The van der Waals surface area contributed by atoms with Gasteiger partial charge in [0.2, 0.25) is 5.91 Å². The van der Waals surface area contributed by atoms with Crippen molar-refractivity contribution in [1.82, 2.24) is 0 Å². The number of hydrogen-bond donors (Lipinski definition) is 2. The van der Waals surface area contributed by atoms with Crippen LogP contribution in [0.1, 0.15) is 19.8 Å². The Hall–Kier alpha value is -2.27. The molecule has 0 aliphatic carbocycles. The molecule has 0 radical (unpaired) electrons. The SMILES string of the molecule is CCCCOc1ccccc1NCC(=O)Nc1ccc(F)c(Cl)c1. The Balaban J connectivity index is 1.90. The quantitative estimate of drug-likeness (QED) is 0.678. The molecule has 0 bridgehead atoms. The monoisotopic (exact) mass is 350 g/mol. The van der Waals surface area contributed by atoms with Gasteiger partial charge in [0.05, 0.1) is 23.9 Å². The molecule has 1 amide bonds. The van der Waals surface area contributed by atoms with Crippen LogP contribution in [-0.4, -0.2) is 19.1 Å². The van der Waals surface area contributed by atoms with Gasteiger partial charge in [-0.2, -0.15) is 0 Å². The first-order valence-electron chi connectivity index (χ1n) is 7.80. The van der Waals surface area contributed by atoms with Gasteiger partial charge in [0, 0.05) is 5.69 Å². The lowest BCUT2D eigenvalue weighted by atomic mass is 10.3. The van der Waals surface area contributed by atoms with E-state index in [1.807, 2.05) is 24.3 Å². The molecule has 128 valence electrons. The standard InChI is InChI=1S/C18H20ClFN2O2/c1-2-3-10-24-17-7-5-4-6-16(17)21-12-18(23)22-13-8-9-15(20)14(19)11-13/h4-9,11,21H,2-3,10,12H2,1H3,(H,22,23). The van der Waals surface area contributed by atoms with E-state index in [4.69, 9.17) is 16.3 Å². The van der Waals surface area contributed by atoms with Gasteiger partial charge >= 0.3 is 0 Å². The summed E-state index contributed by atoms with van der Waals surface area (Å²) < 4.78 is 18.8. The van der Waals surface area contributed by atoms with Crippen LogP contribution in [0.25, 0.3) is 0 Å². The lowest BCUT2D eigenvalue weighted by Crippen LogP contribution is -2.22. The van der Waals surface area contributed by atoms with E-state index in [2.05, 4.69) is 17.6 Å². The molecule has 0 aliphatic heterocycles. The van der Waals surface area contributed by atoms with Crippen LogP contribution in [0.4, 0.5) is 15.8 Å². The lowest BCUT2D eigenvalue weighted by Gasteiger charge is -2.13. The summed E-state index contributed by atoms with van der Waals surface area (Å²) in [6.07, 6.45) is 2.03. The number of hydrogen-bond acceptors (Lipinski definition) is 3. The summed E-state index contributed by atoms with van der Waals surface area (Å²) in [5, 5.41) is 5.67. The van der Waals surface area contributed by atoms with Gasteiger partial charge in [0.1, 0.15) is 11.6 Å². The van der Waals surface area contributed by atoms with Crippen LogP contribution in [0.15, 0.2) is 42.5 Å². The Morgan fingerprint density at radius 2 is 2.04 bits per heavy atom. The van der Waals surface area contributed by atoms with Crippen molar-refractivity contribution in [3.8, 4) is 5.75 Å². The normalized spacial score (nSPS) is 10.3. The maximum atomic E-state index is 13.1. The van der Waals surface area contributed by atoms with Crippen LogP contribution in [0.3, 0.4) is 0 Å². The smallest absolute Gasteiger partial charge is 0.243 e. The summed E-state index contributed by atoms with van der Waals surface area (Å²) in [6.45, 7) is 2.79. The highest BCUT2D eigenvalue weighted by atomic mass is 35.5. The summed E-state index contributed by atoms with van der Waals surface area (Å²) >= 11 is 5.69. The molecule has 0 saturated heterocycles. The molecule has 6 heteroatoms. The molecule has 0 unspecified atom stereocenters. The number of nitrogens with one attached hydrogen (secondary N) is 2. The highest BCUT2D eigenvalue weighted by Crippen LogP contribution is 2.24. The van der Waals surface area contributed by atoms with Crippen LogP contribution < -0.4 is 15.4 Å². The molecule has 0 saturated carbocycles. The van der Waals surface area contributed by atoms with Gasteiger partial charge in [-0.1, -0.05) is 37.1 Å². The van der Waals surface area contributed by atoms with E-state index in [0.717, 1.165) is 18.5 Å². The zero-order valence-corrected chi connectivity index (χ0v) is 14.2. The minimum absolute atomic E-state index is 0.0320. The summed E-state index contributed by atoms with van der Waals surface area (Å²) in [6, 6.07) is 11.5. The van der Waals surface area contributed by atoms with Gasteiger partial charge in [0.25, 0.3) is 0 Å². The summed E-state index contributed by atoms with van der Waals surface area (Å²) in [4.78, 5) is 12.0. The topological polar surface area (TPSA) is 50.4 Å². The van der Waals surface area contributed by atoms with E-state index in [1.165, 1.54) is 18.2 Å². The largest absolute Gasteiger partial charge is 0.491 e. The Morgan fingerprint density at radius 1 is 1.25 bits per heavy atom. The molecule has 2 rings (SSSR count). The molecule has 0 fully saturated rings. The number of rotatable bonds is 8. The van der Waals surface area contributed by atoms with Crippen LogP contribution in [0.2, 0.25) is 5.02 Å². The zero-order valence-electron chi connectivity index (χ0n) is 13.4. The van der Waals surface area contributed by atoms with E-state index in [9.17, 15) is 9.18 Å². The fraction of sp³-hybridized carbons (Fsp3) is 0.278. The second-order valence-corrected chi connectivity index (χ2v) is 5.64. The van der Waals surface area contributed by atoms with Crippen LogP contribution >= 0.6 is 11.6 Å². The van der Waals surface area contributed by atoms with Crippen molar-refractivity contribution in [1.29, 1.82) is 0 Å². The van der Waals surface area contributed by atoms with Crippen LogP contribution in [-0.2, 0) is 4.79 Å². The zero-order chi connectivity index (χ0) is 17.4. The van der Waals surface area contributed by atoms with E-state index < -0.39 is 5.82 Å². The molecule has 0 heterocycles. The first kappa shape index (κ1) is 18.1. The van der Waals surface area contributed by atoms with Crippen LogP contribution in [0.5, 0.6) is 5.75 Å². The number of carbonyl (C=O) groups excluding carboxylic acids is 1. The maximum absolute atomic E-state index is 13.1. The maximum Gasteiger partial charge on any atom is 0.243 e. The molecule has 0 spiro atoms. The summed E-state index contributed by atoms with van der Waals surface area (Å²) in [7, 11) is 0. The fourth-order valence-electron chi connectivity index (χ4n) is 2.02. The van der Waals surface area contributed by atoms with Crippen molar-refractivity contribution in [2.24, 2.45) is 0 Å². The van der Waals surface area contributed by atoms with Gasteiger partial charge in [-0.15, -0.1) is 0 Å². The number of amides is 1. The Kier molecular flexibility index (Phi) is 6.88. The minimum Gasteiger partial charge on any atom is -0.491 e. The van der Waals surface area contributed by atoms with Crippen LogP contribution in [0, 0.1) is 5.82 Å². The molecule has 0 atom stereocenters. The average Bonchev–Trinajstić information content (AvgIpc) is 2.57. The minimum atomic E-state index is -0.522. The molecular formula is C18H20ClFN2O2. The third-order valence-corrected chi connectivity index (χ3v) is 3.57. The highest BCUT2D eigenvalue weighted by Gasteiger charge is 2.07. The molecule has 0 aliphatic rings. The van der Waals surface area contributed by atoms with Crippen molar-refractivity contribution >= 4 is 28.9 Å². The van der Waals surface area contributed by atoms with Gasteiger partial charge in [0.15, 0.2) is 0 Å². The first-order valence-corrected chi connectivity index (χ1v) is 8.18. The highest BCUT2D eigenvalue weighted by molar-refractivity contribution is 6.31. The fourth-order valence-corrected chi connectivity index (χ4v) is 2.20. The molecule has 24 heavy (non-hydrogen) atoms. The predicted octanol–water partition coefficient (Wildman–Crippen LogP) is 4.71. The number of unbranched alkanes of at least 4 members (excludes halogenated alkanes) is 1. The third kappa shape index (κ3) is 5.42. The molecule has 2 N–H and O–H groups in total. The lowest BCUT2D eigenvalue weighted by molar-refractivity contribution is -0.114. The number of ether oxygens (including phenoxy) is 1. The summed E-state index contributed by atoms with van der Waals surface area (Å²) in [5.41, 5.74) is 1.20. The molecule has 4 nitrogen and oxygen atoms in total. The second kappa shape index (κ2) is 9.13. The summed E-state index contributed by atoms with van der Waals surface area (Å²) in [5.74, 6) is -0.0736. The van der Waals surface area contributed by atoms with Crippen molar-refractivity contribution in [2.75, 3.05) is 23.8 Å². The second-order valence-electron chi connectivity index (χ2n) is 5.23. The van der Waals surface area contributed by atoms with E-state index in [1.54, 1.807) is 0 Å². The Bertz CT molecular complexity index is 694. The number of para-hydroxylation sites is 2. The van der Waals surface area contributed by atoms with Gasteiger partial charge in [-0.3, -0.25) is 4.79 Å². The predicted molar refractivity (Wildman–Crippen MR) is 95.4 cm³/mol. The number of anilines is 2. The van der Waals surface area contributed by atoms with E-state index >= 15 is 0 Å². The van der Waals surface area contributed by atoms with Crippen molar-refractivity contribution in [3.05, 3.63) is 53.3 Å². The molecule has 2 aromatic rings. The first-order chi connectivity index (χ1) is 11.6. The molecule has 2 aromatic carbocycles. The van der Waals surface area contributed by atoms with Gasteiger partial charge in [-0.25, -0.2) is 4.39 Å². The average molecular weight is 351 g/mol. The van der Waals surface area contributed by atoms with Gasteiger partial charge in [-0.05, 0) is 36.8 Å². The Morgan fingerprint density at radius 3 is 2.79 bits per heavy atom. The van der Waals surface area contributed by atoms with Crippen molar-refractivity contribution in [3.63, 3.8) is 0 Å². The van der Waals surface area contributed by atoms with Gasteiger partial charge < -0.3 is 15.4 Å². The number of carbonyl (C=O) groups is 1. The van der Waals surface area contributed by atoms with E-state index in [0.29, 0.717) is 18.0 Å². The third-order valence-electron chi connectivity index (χ3n) is 3.29. The van der Waals surface area contributed by atoms with Crippen molar-refractivity contribution < 1.29 is 13.9 Å². The number of benzene rings is 2. The number of halogens is 2. The molecular weight excluding hydrogens is 331 g/mol. The van der Waals surface area contributed by atoms with E-state index in [-0.39, 0.29) is 17.5 Å². The van der Waals surface area contributed by atoms with Crippen molar-refractivity contribution in [2.45, 2.75) is 19.8 Å².